The van der Waals surface area contributed by atoms with Crippen LogP contribution in [-0.2, 0) is 0 Å². The third-order valence-corrected chi connectivity index (χ3v) is 3.13. The van der Waals surface area contributed by atoms with Crippen LogP contribution in [0.25, 0.3) is 10.7 Å². The normalized spacial score (nSPS) is 10.4. The Morgan fingerprint density at radius 3 is 2.86 bits per heavy atom. The molecule has 5 heteroatoms. The minimum atomic E-state index is 0.598. The standard InChI is InChI=1S/C9H7ClN2S2/c1-5-4-8(13)12-9(11-5)6-2-3-7(10)14-6/h2-4H,1H3,(H,11,12,13). The molecule has 1 N–H and O–H groups in total. The number of H-pyrrole nitrogens is 1. The highest BCUT2D eigenvalue weighted by atomic mass is 35.5. The maximum atomic E-state index is 5.84. The molecular formula is C9H7ClN2S2. The molecule has 0 radical (unpaired) electrons. The number of nitrogens with one attached hydrogen (secondary N) is 1. The summed E-state index contributed by atoms with van der Waals surface area (Å²) < 4.78 is 1.35. The van der Waals surface area contributed by atoms with E-state index in [2.05, 4.69) is 9.97 Å². The molecule has 0 unspecified atom stereocenters. The first-order valence-corrected chi connectivity index (χ1v) is 5.59. The molecule has 0 atom stereocenters. The lowest BCUT2D eigenvalue weighted by molar-refractivity contribution is 1.10. The number of halogens is 1. The first-order chi connectivity index (χ1) is 6.65. The molecule has 0 saturated carbocycles. The predicted molar refractivity (Wildman–Crippen MR) is 62.5 cm³/mol. The van der Waals surface area contributed by atoms with Gasteiger partial charge in [0.25, 0.3) is 0 Å². The van der Waals surface area contributed by atoms with Gasteiger partial charge in [0.15, 0.2) is 0 Å². The zero-order valence-electron chi connectivity index (χ0n) is 7.37. The van der Waals surface area contributed by atoms with Gasteiger partial charge < -0.3 is 4.98 Å². The van der Waals surface area contributed by atoms with Crippen molar-refractivity contribution in [3.8, 4) is 10.7 Å². The van der Waals surface area contributed by atoms with Gasteiger partial charge in [0.2, 0.25) is 0 Å². The van der Waals surface area contributed by atoms with Gasteiger partial charge in [-0.1, -0.05) is 23.8 Å². The average molecular weight is 243 g/mol. The minimum absolute atomic E-state index is 0.598. The largest absolute Gasteiger partial charge is 0.343 e. The molecule has 2 rings (SSSR count). The molecule has 0 fully saturated rings. The van der Waals surface area contributed by atoms with Crippen molar-refractivity contribution in [1.29, 1.82) is 0 Å². The Morgan fingerprint density at radius 2 is 2.29 bits per heavy atom. The smallest absolute Gasteiger partial charge is 0.149 e. The number of rotatable bonds is 1. The Morgan fingerprint density at radius 1 is 1.50 bits per heavy atom. The SMILES string of the molecule is Cc1cc(=S)nc(-c2ccc(Cl)s2)[nH]1. The number of aromatic amines is 1. The summed E-state index contributed by atoms with van der Waals surface area (Å²) in [4.78, 5) is 8.38. The van der Waals surface area contributed by atoms with Crippen LogP contribution >= 0.6 is 35.2 Å². The van der Waals surface area contributed by atoms with E-state index in [0.717, 1.165) is 20.7 Å². The van der Waals surface area contributed by atoms with Crippen molar-refractivity contribution in [2.24, 2.45) is 0 Å². The van der Waals surface area contributed by atoms with Crippen LogP contribution in [0.15, 0.2) is 18.2 Å². The third kappa shape index (κ3) is 2.03. The number of aromatic nitrogens is 2. The van der Waals surface area contributed by atoms with Crippen LogP contribution in [0.5, 0.6) is 0 Å². The fraction of sp³-hybridized carbons (Fsp3) is 0.111. The van der Waals surface area contributed by atoms with Crippen molar-refractivity contribution in [1.82, 2.24) is 9.97 Å². The maximum Gasteiger partial charge on any atom is 0.149 e. The third-order valence-electron chi connectivity index (χ3n) is 1.68. The van der Waals surface area contributed by atoms with Crippen molar-refractivity contribution in [2.45, 2.75) is 6.92 Å². The van der Waals surface area contributed by atoms with Gasteiger partial charge in [-0.05, 0) is 25.1 Å². The molecule has 0 aliphatic rings. The molecule has 0 aliphatic carbocycles. The van der Waals surface area contributed by atoms with Gasteiger partial charge in [-0.3, -0.25) is 0 Å². The van der Waals surface area contributed by atoms with Crippen LogP contribution in [0.1, 0.15) is 5.69 Å². The van der Waals surface area contributed by atoms with Crippen LogP contribution in [0.4, 0.5) is 0 Å². The maximum absolute atomic E-state index is 5.84. The Kier molecular flexibility index (Phi) is 2.67. The molecule has 2 nitrogen and oxygen atoms in total. The molecule has 0 aliphatic heterocycles. The Bertz CT molecular complexity index is 516. The van der Waals surface area contributed by atoms with E-state index in [1.165, 1.54) is 11.3 Å². The van der Waals surface area contributed by atoms with E-state index < -0.39 is 0 Å². The number of aryl methyl sites for hydroxylation is 1. The zero-order chi connectivity index (χ0) is 10.1. The van der Waals surface area contributed by atoms with E-state index in [1.807, 2.05) is 25.1 Å². The summed E-state index contributed by atoms with van der Waals surface area (Å²) in [6.45, 7) is 1.95. The Labute approximate surface area is 95.6 Å². The highest BCUT2D eigenvalue weighted by molar-refractivity contribution is 7.71. The molecule has 0 saturated heterocycles. The van der Waals surface area contributed by atoms with Gasteiger partial charge in [-0.25, -0.2) is 4.98 Å². The molecule has 2 aromatic rings. The summed E-state index contributed by atoms with van der Waals surface area (Å²) in [5, 5.41) is 0. The van der Waals surface area contributed by atoms with Crippen LogP contribution in [-0.4, -0.2) is 9.97 Å². The number of hydrogen-bond donors (Lipinski definition) is 1. The number of nitrogens with zero attached hydrogens (tertiary/aromatic N) is 1. The van der Waals surface area contributed by atoms with E-state index in [-0.39, 0.29) is 0 Å². The van der Waals surface area contributed by atoms with E-state index >= 15 is 0 Å². The second-order valence-corrected chi connectivity index (χ2v) is 4.99. The van der Waals surface area contributed by atoms with Crippen LogP contribution in [0, 0.1) is 11.6 Å². The average Bonchev–Trinajstić information content (AvgIpc) is 2.50. The van der Waals surface area contributed by atoms with Gasteiger partial charge in [0.1, 0.15) is 10.5 Å². The fourth-order valence-corrected chi connectivity index (χ4v) is 2.39. The highest BCUT2D eigenvalue weighted by Crippen LogP contribution is 2.28. The summed E-state index contributed by atoms with van der Waals surface area (Å²) >= 11 is 12.4. The topological polar surface area (TPSA) is 28.7 Å². The van der Waals surface area contributed by atoms with Gasteiger partial charge in [0, 0.05) is 5.69 Å². The molecule has 2 aromatic heterocycles. The summed E-state index contributed by atoms with van der Waals surface area (Å²) in [5.74, 6) is 0.784. The molecule has 0 bridgehead atoms. The van der Waals surface area contributed by atoms with Gasteiger partial charge >= 0.3 is 0 Å². The predicted octanol–water partition coefficient (Wildman–Crippen LogP) is 3.83. The monoisotopic (exact) mass is 242 g/mol. The van der Waals surface area contributed by atoms with Crippen molar-refractivity contribution < 1.29 is 0 Å². The molecule has 0 amide bonds. The van der Waals surface area contributed by atoms with Crippen molar-refractivity contribution in [3.63, 3.8) is 0 Å². The molecule has 0 aromatic carbocycles. The number of thiophene rings is 1. The lowest BCUT2D eigenvalue weighted by Gasteiger charge is -1.98. The quantitative estimate of drug-likeness (QED) is 0.770. The fourth-order valence-electron chi connectivity index (χ4n) is 1.14. The first kappa shape index (κ1) is 9.83. The van der Waals surface area contributed by atoms with Crippen molar-refractivity contribution in [3.05, 3.63) is 32.9 Å². The van der Waals surface area contributed by atoms with Gasteiger partial charge in [0.05, 0.1) is 9.21 Å². The highest BCUT2D eigenvalue weighted by Gasteiger charge is 2.03. The molecular weight excluding hydrogens is 236 g/mol. The van der Waals surface area contributed by atoms with Gasteiger partial charge in [-0.15, -0.1) is 11.3 Å². The summed E-state index contributed by atoms with van der Waals surface area (Å²) in [7, 11) is 0. The van der Waals surface area contributed by atoms with E-state index in [9.17, 15) is 0 Å². The first-order valence-electron chi connectivity index (χ1n) is 3.99. The Hall–Kier alpha value is -0.710. The Balaban J connectivity index is 2.56. The van der Waals surface area contributed by atoms with E-state index in [0.29, 0.717) is 4.64 Å². The lowest BCUT2D eigenvalue weighted by atomic mass is 10.4. The van der Waals surface area contributed by atoms with Crippen LogP contribution < -0.4 is 0 Å². The van der Waals surface area contributed by atoms with E-state index in [1.54, 1.807) is 0 Å². The van der Waals surface area contributed by atoms with Crippen molar-refractivity contribution in [2.75, 3.05) is 0 Å². The molecule has 72 valence electrons. The number of hydrogen-bond acceptors (Lipinski definition) is 3. The molecule has 2 heterocycles. The van der Waals surface area contributed by atoms with Crippen LogP contribution in [0.3, 0.4) is 0 Å². The van der Waals surface area contributed by atoms with E-state index in [4.69, 9.17) is 23.8 Å². The van der Waals surface area contributed by atoms with Crippen molar-refractivity contribution >= 4 is 35.2 Å². The minimum Gasteiger partial charge on any atom is -0.343 e. The van der Waals surface area contributed by atoms with Crippen LogP contribution in [0.2, 0.25) is 4.34 Å². The summed E-state index contributed by atoms with van der Waals surface area (Å²) in [5.41, 5.74) is 1.00. The van der Waals surface area contributed by atoms with Gasteiger partial charge in [-0.2, -0.15) is 0 Å². The second-order valence-electron chi connectivity index (χ2n) is 2.85. The lowest BCUT2D eigenvalue weighted by Crippen LogP contribution is -1.89. The molecule has 0 spiro atoms. The summed E-state index contributed by atoms with van der Waals surface area (Å²) in [6, 6.07) is 5.61. The second kappa shape index (κ2) is 3.81. The summed E-state index contributed by atoms with van der Waals surface area (Å²) in [6.07, 6.45) is 0. The zero-order valence-corrected chi connectivity index (χ0v) is 9.76. The molecule has 14 heavy (non-hydrogen) atoms.